The fraction of sp³-hybridized carbons (Fsp3) is 0.250. The van der Waals surface area contributed by atoms with Gasteiger partial charge in [-0.2, -0.15) is 0 Å². The van der Waals surface area contributed by atoms with Gasteiger partial charge in [-0.3, -0.25) is 14.8 Å². The van der Waals surface area contributed by atoms with Gasteiger partial charge in [-0.05, 0) is 41.8 Å². The number of amides is 2. The number of aromatic amines is 1. The van der Waals surface area contributed by atoms with E-state index >= 15 is 0 Å². The molecule has 6 heteroatoms. The van der Waals surface area contributed by atoms with Crippen LogP contribution in [0.25, 0.3) is 17.0 Å². The Balaban J connectivity index is 1.66. The van der Waals surface area contributed by atoms with Gasteiger partial charge < -0.3 is 10.3 Å². The van der Waals surface area contributed by atoms with Crippen LogP contribution in [0.5, 0.6) is 0 Å². The first-order valence-corrected chi connectivity index (χ1v) is 9.90. The number of fused-ring (bicyclic) bond motifs is 1. The highest BCUT2D eigenvalue weighted by Gasteiger charge is 2.22. The second-order valence-corrected chi connectivity index (χ2v) is 8.21. The smallest absolute Gasteiger partial charge is 0.267 e. The lowest BCUT2D eigenvalue weighted by Gasteiger charge is -2.19. The molecule has 0 saturated carbocycles. The summed E-state index contributed by atoms with van der Waals surface area (Å²) in [6, 6.07) is 15.1. The molecule has 0 fully saturated rings. The third kappa shape index (κ3) is 4.96. The van der Waals surface area contributed by atoms with Gasteiger partial charge in [-0.15, -0.1) is 0 Å². The normalized spacial score (nSPS) is 11.7. The van der Waals surface area contributed by atoms with E-state index in [0.717, 1.165) is 17.5 Å². The number of hydroxylamine groups is 1. The molecule has 0 aliphatic carbocycles. The average molecular weight is 405 g/mol. The highest BCUT2D eigenvalue weighted by Crippen LogP contribution is 2.31. The lowest BCUT2D eigenvalue weighted by molar-refractivity contribution is -0.124. The molecule has 0 aliphatic heterocycles. The average Bonchev–Trinajstić information content (AvgIpc) is 3.11. The van der Waals surface area contributed by atoms with Crippen molar-refractivity contribution in [1.29, 1.82) is 0 Å². The van der Waals surface area contributed by atoms with E-state index in [0.29, 0.717) is 12.1 Å². The molecule has 0 radical (unpaired) electrons. The van der Waals surface area contributed by atoms with E-state index in [1.807, 2.05) is 12.1 Å². The van der Waals surface area contributed by atoms with Gasteiger partial charge in [-0.1, -0.05) is 51.1 Å². The molecule has 0 saturated heterocycles. The van der Waals surface area contributed by atoms with E-state index in [4.69, 9.17) is 5.21 Å². The van der Waals surface area contributed by atoms with Crippen molar-refractivity contribution in [3.8, 4) is 0 Å². The molecular formula is C24H27N3O3. The van der Waals surface area contributed by atoms with Crippen LogP contribution in [0.15, 0.2) is 54.6 Å². The van der Waals surface area contributed by atoms with Crippen LogP contribution in [0.1, 0.15) is 48.0 Å². The quantitative estimate of drug-likeness (QED) is 0.284. The number of rotatable bonds is 6. The minimum Gasteiger partial charge on any atom is -0.358 e. The number of carbonyl (C=O) groups is 2. The lowest BCUT2D eigenvalue weighted by Crippen LogP contribution is -2.26. The molecular weight excluding hydrogens is 378 g/mol. The van der Waals surface area contributed by atoms with Crippen LogP contribution in [-0.4, -0.2) is 28.6 Å². The van der Waals surface area contributed by atoms with Gasteiger partial charge in [0.1, 0.15) is 0 Å². The largest absolute Gasteiger partial charge is 0.358 e. The van der Waals surface area contributed by atoms with Gasteiger partial charge in [0.25, 0.3) is 11.8 Å². The summed E-state index contributed by atoms with van der Waals surface area (Å²) < 4.78 is 0. The standard InChI is InChI=1S/C24H27N3O3/c1-24(2,3)22-19(18-6-4-5-7-20(18)26-22)14-15-25-23(29)17-11-8-16(9-12-17)10-13-21(28)27-30/h4-13,26,30H,14-15H2,1-3H3,(H,25,29)(H,27,28)/b13-10+. The first-order valence-electron chi connectivity index (χ1n) is 9.90. The third-order valence-electron chi connectivity index (χ3n) is 4.93. The van der Waals surface area contributed by atoms with Crippen molar-refractivity contribution in [3.63, 3.8) is 0 Å². The van der Waals surface area contributed by atoms with Gasteiger partial charge >= 0.3 is 0 Å². The first kappa shape index (κ1) is 21.3. The zero-order chi connectivity index (χ0) is 21.7. The number of carbonyl (C=O) groups excluding carboxylic acids is 2. The van der Waals surface area contributed by atoms with Crippen LogP contribution in [-0.2, 0) is 16.6 Å². The van der Waals surface area contributed by atoms with Crippen LogP contribution in [0.4, 0.5) is 0 Å². The molecule has 0 unspecified atom stereocenters. The highest BCUT2D eigenvalue weighted by atomic mass is 16.5. The molecule has 1 aromatic heterocycles. The van der Waals surface area contributed by atoms with Crippen LogP contribution >= 0.6 is 0 Å². The highest BCUT2D eigenvalue weighted by molar-refractivity contribution is 5.95. The molecule has 0 aliphatic rings. The van der Waals surface area contributed by atoms with Gasteiger partial charge in [0, 0.05) is 40.2 Å². The van der Waals surface area contributed by atoms with Crippen LogP contribution < -0.4 is 10.8 Å². The monoisotopic (exact) mass is 405 g/mol. The Hall–Kier alpha value is -3.38. The number of hydrogen-bond donors (Lipinski definition) is 4. The Morgan fingerprint density at radius 1 is 1.07 bits per heavy atom. The van der Waals surface area contributed by atoms with Crippen LogP contribution in [0.3, 0.4) is 0 Å². The molecule has 3 aromatic rings. The molecule has 1 heterocycles. The molecule has 4 N–H and O–H groups in total. The van der Waals surface area contributed by atoms with Gasteiger partial charge in [0.05, 0.1) is 0 Å². The number of H-pyrrole nitrogens is 1. The summed E-state index contributed by atoms with van der Waals surface area (Å²) in [5.74, 6) is -0.750. The zero-order valence-corrected chi connectivity index (χ0v) is 17.5. The molecule has 2 aromatic carbocycles. The zero-order valence-electron chi connectivity index (χ0n) is 17.5. The molecule has 0 spiro atoms. The second-order valence-electron chi connectivity index (χ2n) is 8.21. The van der Waals surface area contributed by atoms with Crippen molar-refractivity contribution in [3.05, 3.63) is 77.0 Å². The molecule has 30 heavy (non-hydrogen) atoms. The maximum absolute atomic E-state index is 12.5. The topological polar surface area (TPSA) is 94.2 Å². The SMILES string of the molecule is CC(C)(C)c1[nH]c2ccccc2c1CCNC(=O)c1ccc(/C=C/C(=O)NO)cc1. The van der Waals surface area contributed by atoms with E-state index in [1.54, 1.807) is 30.3 Å². The predicted octanol–water partition coefficient (Wildman–Crippen LogP) is 3.96. The first-order chi connectivity index (χ1) is 14.3. The number of nitrogens with one attached hydrogen (secondary N) is 3. The molecule has 0 atom stereocenters. The Labute approximate surface area is 176 Å². The number of para-hydroxylation sites is 1. The van der Waals surface area contributed by atoms with Crippen molar-refractivity contribution in [2.24, 2.45) is 0 Å². The van der Waals surface area contributed by atoms with Gasteiger partial charge in [-0.25, -0.2) is 5.48 Å². The van der Waals surface area contributed by atoms with Crippen molar-refractivity contribution < 1.29 is 14.8 Å². The number of hydrogen-bond acceptors (Lipinski definition) is 3. The summed E-state index contributed by atoms with van der Waals surface area (Å²) >= 11 is 0. The maximum Gasteiger partial charge on any atom is 0.267 e. The summed E-state index contributed by atoms with van der Waals surface area (Å²) in [6.07, 6.45) is 3.50. The summed E-state index contributed by atoms with van der Waals surface area (Å²) in [7, 11) is 0. The van der Waals surface area contributed by atoms with E-state index in [1.165, 1.54) is 28.2 Å². The Morgan fingerprint density at radius 2 is 1.77 bits per heavy atom. The summed E-state index contributed by atoms with van der Waals surface area (Å²) in [6.45, 7) is 7.07. The van der Waals surface area contributed by atoms with Crippen LogP contribution in [0, 0.1) is 0 Å². The van der Waals surface area contributed by atoms with E-state index < -0.39 is 5.91 Å². The maximum atomic E-state index is 12.5. The summed E-state index contributed by atoms with van der Waals surface area (Å²) in [5.41, 5.74) is 6.36. The van der Waals surface area contributed by atoms with Crippen molar-refractivity contribution in [2.45, 2.75) is 32.6 Å². The minimum atomic E-state index is -0.608. The third-order valence-corrected chi connectivity index (χ3v) is 4.93. The number of aromatic nitrogens is 1. The molecule has 3 rings (SSSR count). The van der Waals surface area contributed by atoms with Crippen molar-refractivity contribution in [1.82, 2.24) is 15.8 Å². The molecule has 156 valence electrons. The lowest BCUT2D eigenvalue weighted by atomic mass is 9.88. The predicted molar refractivity (Wildman–Crippen MR) is 118 cm³/mol. The van der Waals surface area contributed by atoms with Crippen molar-refractivity contribution in [2.75, 3.05) is 6.54 Å². The fourth-order valence-electron chi connectivity index (χ4n) is 3.46. The molecule has 6 nitrogen and oxygen atoms in total. The molecule has 2 amide bonds. The fourth-order valence-corrected chi connectivity index (χ4v) is 3.46. The van der Waals surface area contributed by atoms with E-state index in [-0.39, 0.29) is 11.3 Å². The van der Waals surface area contributed by atoms with E-state index in [2.05, 4.69) is 43.2 Å². The van der Waals surface area contributed by atoms with Gasteiger partial charge in [0.2, 0.25) is 0 Å². The minimum absolute atomic E-state index is 0.0192. The Bertz CT molecular complexity index is 1070. The number of benzene rings is 2. The summed E-state index contributed by atoms with van der Waals surface area (Å²) in [5, 5.41) is 12.7. The Kier molecular flexibility index (Phi) is 6.37. The van der Waals surface area contributed by atoms with Crippen molar-refractivity contribution >= 4 is 28.8 Å². The van der Waals surface area contributed by atoms with Crippen LogP contribution in [0.2, 0.25) is 0 Å². The Morgan fingerprint density at radius 3 is 2.43 bits per heavy atom. The summed E-state index contributed by atoms with van der Waals surface area (Å²) in [4.78, 5) is 27.1. The molecule has 0 bridgehead atoms. The van der Waals surface area contributed by atoms with Gasteiger partial charge in [0.15, 0.2) is 0 Å². The van der Waals surface area contributed by atoms with E-state index in [9.17, 15) is 9.59 Å². The second kappa shape index (κ2) is 8.97.